The number of hydrogen-bond donors (Lipinski definition) is 3. The first-order valence-electron chi connectivity index (χ1n) is 9.76. The SMILES string of the molecule is NC(=O)N[C@@H](CC(=O)OCC(=O)N[C@H]1CCCc2ccccc21)c1ccc(Cl)cc1. The molecule has 2 atom stereocenters. The topological polar surface area (TPSA) is 111 Å². The van der Waals surface area contributed by atoms with E-state index in [1.807, 2.05) is 18.2 Å². The molecule has 0 aliphatic heterocycles. The zero-order chi connectivity index (χ0) is 21.5. The summed E-state index contributed by atoms with van der Waals surface area (Å²) in [6.07, 6.45) is 2.67. The van der Waals surface area contributed by atoms with Crippen LogP contribution in [0.2, 0.25) is 5.02 Å². The molecule has 2 aromatic carbocycles. The molecule has 0 fully saturated rings. The van der Waals surface area contributed by atoms with Crippen molar-refractivity contribution < 1.29 is 19.1 Å². The van der Waals surface area contributed by atoms with Gasteiger partial charge in [-0.25, -0.2) is 4.79 Å². The minimum Gasteiger partial charge on any atom is -0.456 e. The highest BCUT2D eigenvalue weighted by Gasteiger charge is 2.23. The van der Waals surface area contributed by atoms with E-state index in [1.54, 1.807) is 24.3 Å². The summed E-state index contributed by atoms with van der Waals surface area (Å²) in [5.74, 6) is -0.987. The lowest BCUT2D eigenvalue weighted by molar-refractivity contribution is -0.149. The molecule has 4 N–H and O–H groups in total. The van der Waals surface area contributed by atoms with Crippen LogP contribution in [0.1, 0.15) is 48.0 Å². The number of primary amides is 1. The Bertz CT molecular complexity index is 917. The van der Waals surface area contributed by atoms with Crippen molar-refractivity contribution in [1.82, 2.24) is 10.6 Å². The van der Waals surface area contributed by atoms with E-state index in [0.29, 0.717) is 10.6 Å². The number of carbonyl (C=O) groups is 3. The van der Waals surface area contributed by atoms with E-state index in [0.717, 1.165) is 24.8 Å². The van der Waals surface area contributed by atoms with E-state index >= 15 is 0 Å². The number of nitrogens with two attached hydrogens (primary N) is 1. The quantitative estimate of drug-likeness (QED) is 0.587. The number of hydrogen-bond acceptors (Lipinski definition) is 4. The molecule has 0 heterocycles. The van der Waals surface area contributed by atoms with Crippen LogP contribution in [-0.2, 0) is 20.7 Å². The van der Waals surface area contributed by atoms with Crippen molar-refractivity contribution in [2.75, 3.05) is 6.61 Å². The van der Waals surface area contributed by atoms with Gasteiger partial charge in [-0.15, -0.1) is 0 Å². The lowest BCUT2D eigenvalue weighted by Crippen LogP contribution is -2.36. The molecular formula is C22H24ClN3O4. The maximum absolute atomic E-state index is 12.3. The average Bonchev–Trinajstić information content (AvgIpc) is 2.72. The van der Waals surface area contributed by atoms with Gasteiger partial charge >= 0.3 is 12.0 Å². The molecule has 0 spiro atoms. The largest absolute Gasteiger partial charge is 0.456 e. The Morgan fingerprint density at radius 3 is 2.60 bits per heavy atom. The summed E-state index contributed by atoms with van der Waals surface area (Å²) in [5, 5.41) is 5.97. The fourth-order valence-electron chi connectivity index (χ4n) is 3.63. The van der Waals surface area contributed by atoms with Crippen LogP contribution in [0.3, 0.4) is 0 Å². The van der Waals surface area contributed by atoms with E-state index in [2.05, 4.69) is 16.7 Å². The highest BCUT2D eigenvalue weighted by atomic mass is 35.5. The molecule has 3 amide bonds. The van der Waals surface area contributed by atoms with Gasteiger partial charge in [0.2, 0.25) is 0 Å². The summed E-state index contributed by atoms with van der Waals surface area (Å²) in [4.78, 5) is 35.8. The molecule has 0 saturated carbocycles. The predicted octanol–water partition coefficient (Wildman–Crippen LogP) is 3.18. The molecular weight excluding hydrogens is 406 g/mol. The number of fused-ring (bicyclic) bond motifs is 1. The first-order valence-corrected chi connectivity index (χ1v) is 10.1. The third-order valence-electron chi connectivity index (χ3n) is 5.03. The van der Waals surface area contributed by atoms with Crippen molar-refractivity contribution >= 4 is 29.5 Å². The normalized spacial score (nSPS) is 16.1. The summed E-state index contributed by atoms with van der Waals surface area (Å²) in [5.41, 5.74) is 8.20. The monoisotopic (exact) mass is 429 g/mol. The van der Waals surface area contributed by atoms with Crippen LogP contribution in [0.25, 0.3) is 0 Å². The Morgan fingerprint density at radius 2 is 1.87 bits per heavy atom. The standard InChI is InChI=1S/C22H24ClN3O4/c23-16-10-8-15(9-11-16)19(26-22(24)29)12-21(28)30-13-20(27)25-18-7-3-5-14-4-1-2-6-17(14)18/h1-2,4,6,8-11,18-19H,3,5,7,12-13H2,(H,25,27)(H3,24,26,29)/t18-,19-/m0/s1. The van der Waals surface area contributed by atoms with Gasteiger partial charge in [-0.3, -0.25) is 9.59 Å². The number of nitrogens with one attached hydrogen (secondary N) is 2. The minimum absolute atomic E-state index is 0.0838. The van der Waals surface area contributed by atoms with Gasteiger partial charge in [0.15, 0.2) is 6.61 Å². The fraction of sp³-hybridized carbons (Fsp3) is 0.318. The van der Waals surface area contributed by atoms with Crippen LogP contribution >= 0.6 is 11.6 Å². The maximum atomic E-state index is 12.3. The number of urea groups is 1. The number of halogens is 1. The van der Waals surface area contributed by atoms with Crippen molar-refractivity contribution in [3.8, 4) is 0 Å². The molecule has 8 heteroatoms. The molecule has 0 aromatic heterocycles. The highest BCUT2D eigenvalue weighted by Crippen LogP contribution is 2.29. The maximum Gasteiger partial charge on any atom is 0.312 e. The van der Waals surface area contributed by atoms with Gasteiger partial charge in [-0.05, 0) is 48.1 Å². The summed E-state index contributed by atoms with van der Waals surface area (Å²) in [6, 6.07) is 13.1. The number of benzene rings is 2. The number of ether oxygens (including phenoxy) is 1. The minimum atomic E-state index is -0.767. The summed E-state index contributed by atoms with van der Waals surface area (Å²) >= 11 is 5.88. The lowest BCUT2D eigenvalue weighted by Gasteiger charge is -2.26. The van der Waals surface area contributed by atoms with Crippen molar-refractivity contribution in [3.05, 3.63) is 70.2 Å². The van der Waals surface area contributed by atoms with E-state index < -0.39 is 18.0 Å². The lowest BCUT2D eigenvalue weighted by atomic mass is 9.88. The molecule has 1 aliphatic carbocycles. The van der Waals surface area contributed by atoms with Crippen LogP contribution < -0.4 is 16.4 Å². The Hall–Kier alpha value is -3.06. The van der Waals surface area contributed by atoms with E-state index in [9.17, 15) is 14.4 Å². The Labute approximate surface area is 179 Å². The molecule has 158 valence electrons. The summed E-state index contributed by atoms with van der Waals surface area (Å²) < 4.78 is 5.12. The van der Waals surface area contributed by atoms with Crippen molar-refractivity contribution in [2.45, 2.75) is 37.8 Å². The first kappa shape index (κ1) is 21.6. The van der Waals surface area contributed by atoms with Crippen LogP contribution in [0.4, 0.5) is 4.79 Å². The molecule has 0 radical (unpaired) electrons. The smallest absolute Gasteiger partial charge is 0.312 e. The second kappa shape index (κ2) is 10.1. The number of rotatable bonds is 7. The van der Waals surface area contributed by atoms with Gasteiger partial charge < -0.3 is 21.1 Å². The van der Waals surface area contributed by atoms with Gasteiger partial charge in [-0.2, -0.15) is 0 Å². The average molecular weight is 430 g/mol. The zero-order valence-corrected chi connectivity index (χ0v) is 17.2. The number of amides is 3. The third kappa shape index (κ3) is 5.97. The van der Waals surface area contributed by atoms with Gasteiger partial charge in [0.05, 0.1) is 18.5 Å². The third-order valence-corrected chi connectivity index (χ3v) is 5.28. The van der Waals surface area contributed by atoms with Gasteiger partial charge in [0.25, 0.3) is 5.91 Å². The highest BCUT2D eigenvalue weighted by molar-refractivity contribution is 6.30. The van der Waals surface area contributed by atoms with Gasteiger partial charge in [0, 0.05) is 5.02 Å². The molecule has 0 saturated heterocycles. The van der Waals surface area contributed by atoms with E-state index in [1.165, 1.54) is 5.56 Å². The first-order chi connectivity index (χ1) is 14.4. The second-order valence-electron chi connectivity index (χ2n) is 7.19. The Kier molecular flexibility index (Phi) is 7.30. The van der Waals surface area contributed by atoms with E-state index in [-0.39, 0.29) is 25.0 Å². The van der Waals surface area contributed by atoms with Crippen molar-refractivity contribution in [3.63, 3.8) is 0 Å². The van der Waals surface area contributed by atoms with Gasteiger partial charge in [0.1, 0.15) is 0 Å². The van der Waals surface area contributed by atoms with E-state index in [4.69, 9.17) is 22.1 Å². The number of carbonyl (C=O) groups excluding carboxylic acids is 3. The van der Waals surface area contributed by atoms with Crippen LogP contribution in [0.15, 0.2) is 48.5 Å². The molecule has 0 bridgehead atoms. The molecule has 7 nitrogen and oxygen atoms in total. The van der Waals surface area contributed by atoms with Crippen LogP contribution in [-0.4, -0.2) is 24.5 Å². The molecule has 2 aromatic rings. The molecule has 30 heavy (non-hydrogen) atoms. The predicted molar refractivity (Wildman–Crippen MR) is 113 cm³/mol. The molecule has 3 rings (SSSR count). The summed E-state index contributed by atoms with van der Waals surface area (Å²) in [6.45, 7) is -0.387. The van der Waals surface area contributed by atoms with Gasteiger partial charge in [-0.1, -0.05) is 48.0 Å². The van der Waals surface area contributed by atoms with Crippen LogP contribution in [0, 0.1) is 0 Å². The molecule has 0 unspecified atom stereocenters. The fourth-order valence-corrected chi connectivity index (χ4v) is 3.76. The zero-order valence-electron chi connectivity index (χ0n) is 16.4. The Balaban J connectivity index is 1.53. The van der Waals surface area contributed by atoms with Crippen LogP contribution in [0.5, 0.6) is 0 Å². The molecule has 1 aliphatic rings. The van der Waals surface area contributed by atoms with Crippen molar-refractivity contribution in [2.24, 2.45) is 5.73 Å². The second-order valence-corrected chi connectivity index (χ2v) is 7.63. The van der Waals surface area contributed by atoms with Crippen molar-refractivity contribution in [1.29, 1.82) is 0 Å². The Morgan fingerprint density at radius 1 is 1.13 bits per heavy atom. The number of aryl methyl sites for hydroxylation is 1. The summed E-state index contributed by atoms with van der Waals surface area (Å²) in [7, 11) is 0. The number of esters is 1.